The summed E-state index contributed by atoms with van der Waals surface area (Å²) in [6.07, 6.45) is 3.01. The molecule has 0 radical (unpaired) electrons. The Labute approximate surface area is 141 Å². The van der Waals surface area contributed by atoms with Gasteiger partial charge in [0.15, 0.2) is 5.78 Å². The number of aromatic nitrogens is 3. The summed E-state index contributed by atoms with van der Waals surface area (Å²) in [6.45, 7) is 2.11. The van der Waals surface area contributed by atoms with Crippen molar-refractivity contribution < 1.29 is 4.79 Å². The molecule has 6 nitrogen and oxygen atoms in total. The van der Waals surface area contributed by atoms with E-state index in [1.54, 1.807) is 0 Å². The Kier molecular flexibility index (Phi) is 3.40. The molecule has 1 N–H and O–H groups in total. The Morgan fingerprint density at radius 2 is 1.96 bits per heavy atom. The van der Waals surface area contributed by atoms with Gasteiger partial charge in [-0.2, -0.15) is 10.1 Å². The molecule has 0 spiro atoms. The molecule has 24 heavy (non-hydrogen) atoms. The van der Waals surface area contributed by atoms with Crippen LogP contribution in [0.2, 0.25) is 0 Å². The van der Waals surface area contributed by atoms with Crippen molar-refractivity contribution in [3.05, 3.63) is 47.4 Å². The zero-order chi connectivity index (χ0) is 16.8. The van der Waals surface area contributed by atoms with E-state index in [-0.39, 0.29) is 11.8 Å². The van der Waals surface area contributed by atoms with Gasteiger partial charge in [-0.05, 0) is 30.0 Å². The van der Waals surface area contributed by atoms with Gasteiger partial charge in [0.25, 0.3) is 0 Å². The fourth-order valence-corrected chi connectivity index (χ4v) is 3.61. The molecule has 0 unspecified atom stereocenters. The number of fused-ring (bicyclic) bond motifs is 1. The molecule has 1 aromatic carbocycles. The molecule has 1 aliphatic carbocycles. The van der Waals surface area contributed by atoms with Crippen molar-refractivity contribution in [3.8, 4) is 0 Å². The molecule has 1 aliphatic heterocycles. The first kappa shape index (κ1) is 14.9. The number of carbonyl (C=O) groups excluding carboxylic acids is 1. The Bertz CT molecular complexity index is 818. The van der Waals surface area contributed by atoms with Gasteiger partial charge in [0.2, 0.25) is 5.95 Å². The highest BCUT2D eigenvalue weighted by molar-refractivity contribution is 5.99. The number of nitrogens with one attached hydrogen (secondary N) is 1. The van der Waals surface area contributed by atoms with Crippen LogP contribution >= 0.6 is 0 Å². The first-order valence-corrected chi connectivity index (χ1v) is 8.24. The van der Waals surface area contributed by atoms with E-state index in [0.29, 0.717) is 18.3 Å². The van der Waals surface area contributed by atoms with Crippen LogP contribution in [0.15, 0.2) is 41.9 Å². The van der Waals surface area contributed by atoms with E-state index in [2.05, 4.69) is 51.5 Å². The summed E-state index contributed by atoms with van der Waals surface area (Å²) in [5, 5.41) is 7.67. The first-order chi connectivity index (χ1) is 11.5. The number of Topliss-reactive ketones (excluding diaryl/α,β-unsaturated/α-hetero) is 1. The summed E-state index contributed by atoms with van der Waals surface area (Å²) >= 11 is 0. The van der Waals surface area contributed by atoms with Gasteiger partial charge < -0.3 is 10.2 Å². The molecule has 6 heteroatoms. The van der Waals surface area contributed by atoms with Crippen molar-refractivity contribution >= 4 is 17.4 Å². The number of hydrogen-bond donors (Lipinski definition) is 1. The zero-order valence-electron chi connectivity index (χ0n) is 14.2. The second kappa shape index (κ2) is 5.47. The van der Waals surface area contributed by atoms with Crippen molar-refractivity contribution in [1.29, 1.82) is 0 Å². The Morgan fingerprint density at radius 3 is 2.67 bits per heavy atom. The molecule has 124 valence electrons. The molecule has 0 amide bonds. The maximum Gasteiger partial charge on any atom is 0.226 e. The summed E-state index contributed by atoms with van der Waals surface area (Å²) in [4.78, 5) is 19.1. The largest absolute Gasteiger partial charge is 0.378 e. The van der Waals surface area contributed by atoms with Gasteiger partial charge in [-0.15, -0.1) is 0 Å². The van der Waals surface area contributed by atoms with Crippen LogP contribution in [0, 0.1) is 5.92 Å². The molecule has 0 bridgehead atoms. The summed E-state index contributed by atoms with van der Waals surface area (Å²) in [5.74, 6) is 1.27. The van der Waals surface area contributed by atoms with E-state index < -0.39 is 0 Å². The number of hydrogen-bond acceptors (Lipinski definition) is 5. The standard InChI is InChI=1S/C18H21N5O/c1-11-8-14-16(15(24)9-11)17(23-18(21-14)19-10-20-23)12-4-6-13(7-5-12)22(2)3/h4-7,10-11,17H,8-9H2,1-3H3,(H,19,20,21)/t11-,17-/m0/s1. The van der Waals surface area contributed by atoms with Crippen molar-refractivity contribution in [3.63, 3.8) is 0 Å². The lowest BCUT2D eigenvalue weighted by molar-refractivity contribution is -0.117. The summed E-state index contributed by atoms with van der Waals surface area (Å²) < 4.78 is 1.82. The normalized spacial score (nSPS) is 22.7. The van der Waals surface area contributed by atoms with E-state index >= 15 is 0 Å². The minimum absolute atomic E-state index is 0.199. The lowest BCUT2D eigenvalue weighted by atomic mass is 9.81. The van der Waals surface area contributed by atoms with Gasteiger partial charge in [0, 0.05) is 37.5 Å². The summed E-state index contributed by atoms with van der Waals surface area (Å²) in [7, 11) is 4.03. The monoisotopic (exact) mass is 323 g/mol. The predicted octanol–water partition coefficient (Wildman–Crippen LogP) is 2.61. The van der Waals surface area contributed by atoms with E-state index in [1.165, 1.54) is 6.33 Å². The van der Waals surface area contributed by atoms with E-state index in [4.69, 9.17) is 0 Å². The van der Waals surface area contributed by atoms with Crippen molar-refractivity contribution in [2.75, 3.05) is 24.3 Å². The van der Waals surface area contributed by atoms with Gasteiger partial charge in [0.1, 0.15) is 12.4 Å². The number of benzene rings is 1. The third-order valence-corrected chi connectivity index (χ3v) is 4.79. The van der Waals surface area contributed by atoms with Gasteiger partial charge in [0.05, 0.1) is 0 Å². The molecule has 2 aliphatic rings. The number of nitrogens with zero attached hydrogens (tertiary/aromatic N) is 4. The molecule has 2 heterocycles. The van der Waals surface area contributed by atoms with Crippen LogP contribution in [0.3, 0.4) is 0 Å². The molecular weight excluding hydrogens is 302 g/mol. The van der Waals surface area contributed by atoms with Gasteiger partial charge in [-0.1, -0.05) is 19.1 Å². The molecule has 0 saturated carbocycles. The number of carbonyl (C=O) groups is 1. The smallest absolute Gasteiger partial charge is 0.226 e. The predicted molar refractivity (Wildman–Crippen MR) is 93.0 cm³/mol. The first-order valence-electron chi connectivity index (χ1n) is 8.24. The van der Waals surface area contributed by atoms with Crippen molar-refractivity contribution in [1.82, 2.24) is 14.8 Å². The van der Waals surface area contributed by atoms with Gasteiger partial charge in [-0.3, -0.25) is 4.79 Å². The van der Waals surface area contributed by atoms with Crippen LogP contribution < -0.4 is 10.2 Å². The minimum Gasteiger partial charge on any atom is -0.378 e. The average molecular weight is 323 g/mol. The fourth-order valence-electron chi connectivity index (χ4n) is 3.61. The molecular formula is C18H21N5O. The maximum atomic E-state index is 12.8. The second-order valence-electron chi connectivity index (χ2n) is 6.87. The van der Waals surface area contributed by atoms with Crippen molar-refractivity contribution in [2.24, 2.45) is 5.92 Å². The highest BCUT2D eigenvalue weighted by atomic mass is 16.1. The van der Waals surface area contributed by atoms with Crippen LogP contribution in [0.25, 0.3) is 0 Å². The second-order valence-corrected chi connectivity index (χ2v) is 6.87. The van der Waals surface area contributed by atoms with E-state index in [0.717, 1.165) is 28.9 Å². The van der Waals surface area contributed by atoms with Gasteiger partial charge >= 0.3 is 0 Å². The lowest BCUT2D eigenvalue weighted by Crippen LogP contribution is -2.33. The Balaban J connectivity index is 1.83. The Morgan fingerprint density at radius 1 is 1.21 bits per heavy atom. The number of anilines is 2. The summed E-state index contributed by atoms with van der Waals surface area (Å²) in [6, 6.07) is 8.10. The minimum atomic E-state index is -0.199. The molecule has 2 atom stereocenters. The number of ketones is 1. The SMILES string of the molecule is C[C@@H]1CC(=O)C2=C(C1)Nc1ncnn1[C@H]2c1ccc(N(C)C)cc1. The topological polar surface area (TPSA) is 63.1 Å². The van der Waals surface area contributed by atoms with Crippen LogP contribution in [-0.2, 0) is 4.79 Å². The highest BCUT2D eigenvalue weighted by Gasteiger charge is 2.37. The number of rotatable bonds is 2. The number of allylic oxidation sites excluding steroid dienone is 2. The van der Waals surface area contributed by atoms with Gasteiger partial charge in [-0.25, -0.2) is 4.68 Å². The van der Waals surface area contributed by atoms with Crippen molar-refractivity contribution in [2.45, 2.75) is 25.8 Å². The third kappa shape index (κ3) is 2.29. The van der Waals surface area contributed by atoms with E-state index in [9.17, 15) is 4.79 Å². The van der Waals surface area contributed by atoms with Crippen LogP contribution in [0.4, 0.5) is 11.6 Å². The maximum absolute atomic E-state index is 12.8. The lowest BCUT2D eigenvalue weighted by Gasteiger charge is -2.34. The van der Waals surface area contributed by atoms with E-state index in [1.807, 2.05) is 18.8 Å². The molecule has 4 rings (SSSR count). The average Bonchev–Trinajstić information content (AvgIpc) is 3.00. The molecule has 2 aromatic rings. The highest BCUT2D eigenvalue weighted by Crippen LogP contribution is 2.41. The molecule has 1 aromatic heterocycles. The zero-order valence-corrected chi connectivity index (χ0v) is 14.2. The summed E-state index contributed by atoms with van der Waals surface area (Å²) in [5.41, 5.74) is 4.03. The van der Waals surface area contributed by atoms with Crippen LogP contribution in [-0.4, -0.2) is 34.6 Å². The molecule has 0 saturated heterocycles. The van der Waals surface area contributed by atoms with Crippen LogP contribution in [0.5, 0.6) is 0 Å². The molecule has 0 fully saturated rings. The third-order valence-electron chi connectivity index (χ3n) is 4.79. The van der Waals surface area contributed by atoms with Crippen LogP contribution in [0.1, 0.15) is 31.4 Å². The fraction of sp³-hybridized carbons (Fsp3) is 0.389. The Hall–Kier alpha value is -2.63. The quantitative estimate of drug-likeness (QED) is 0.920.